The maximum atomic E-state index is 14.5. The van der Waals surface area contributed by atoms with Crippen LogP contribution in [-0.4, -0.2) is 157 Å². The van der Waals surface area contributed by atoms with Gasteiger partial charge in [0.15, 0.2) is 0 Å². The van der Waals surface area contributed by atoms with Crippen LogP contribution in [0.2, 0.25) is 0 Å². The van der Waals surface area contributed by atoms with E-state index in [1.54, 1.807) is 0 Å². The first-order valence-electron chi connectivity index (χ1n) is 42.4. The molecule has 6 amide bonds. The highest BCUT2D eigenvalue weighted by Gasteiger charge is 2.34. The molecule has 0 fully saturated rings. The van der Waals surface area contributed by atoms with Crippen LogP contribution < -0.4 is 54.8 Å². The molecule has 0 aromatic heterocycles. The number of rotatable bonds is 78. The van der Waals surface area contributed by atoms with Crippen molar-refractivity contribution < 1.29 is 62.8 Å². The second kappa shape index (κ2) is 73.5. The van der Waals surface area contributed by atoms with E-state index >= 15 is 0 Å². The first-order valence-corrected chi connectivity index (χ1v) is 43.6. The Kier molecular flexibility index (Phi) is 70.3. The van der Waals surface area contributed by atoms with E-state index in [0.29, 0.717) is 83.7 Å². The van der Waals surface area contributed by atoms with Crippen LogP contribution in [0.15, 0.2) is 0 Å². The molecule has 0 radical (unpaired) electrons. The molecule has 614 valence electrons. The molecular weight excluding hydrogens is 1350 g/mol. The van der Waals surface area contributed by atoms with Gasteiger partial charge in [-0.2, -0.15) is 11.8 Å². The molecule has 23 nitrogen and oxygen atoms in total. The van der Waals surface area contributed by atoms with Gasteiger partial charge in [-0.25, -0.2) is 4.79 Å². The van der Waals surface area contributed by atoms with E-state index in [1.165, 1.54) is 179 Å². The molecule has 0 aromatic rings. The molecule has 24 heteroatoms. The molecule has 0 bridgehead atoms. The Bertz CT molecular complexity index is 2170. The third-order valence-corrected chi connectivity index (χ3v) is 20.7. The maximum absolute atomic E-state index is 14.5. The molecule has 0 saturated carbocycles. The molecule has 0 aromatic carbocycles. The van der Waals surface area contributed by atoms with Gasteiger partial charge in [-0.1, -0.05) is 252 Å². The summed E-state index contributed by atoms with van der Waals surface area (Å²) in [6, 6.07) is -7.86. The lowest BCUT2D eigenvalue weighted by atomic mass is 10.0. The van der Waals surface area contributed by atoms with E-state index in [0.717, 1.165) is 64.2 Å². The third kappa shape index (κ3) is 59.9. The topological polar surface area (TPSA) is 389 Å². The third-order valence-electron chi connectivity index (χ3n) is 19.6. The summed E-state index contributed by atoms with van der Waals surface area (Å²) in [7, 11) is 0. The molecule has 0 aliphatic heterocycles. The van der Waals surface area contributed by atoms with E-state index in [4.69, 9.17) is 32.4 Å². The molecule has 7 atom stereocenters. The van der Waals surface area contributed by atoms with Gasteiger partial charge in [0.25, 0.3) is 0 Å². The number of carboxylic acids is 1. The predicted octanol–water partition coefficient (Wildman–Crippen LogP) is 13.1. The van der Waals surface area contributed by atoms with Crippen molar-refractivity contribution in [1.29, 1.82) is 0 Å². The van der Waals surface area contributed by atoms with Crippen LogP contribution in [0.3, 0.4) is 0 Å². The molecule has 0 spiro atoms. The Balaban J connectivity index is 6.62. The lowest BCUT2D eigenvalue weighted by molar-refractivity contribution is -0.157. The number of nitrogens with two attached hydrogens (primary N) is 4. The molecule has 0 unspecified atom stereocenters. The van der Waals surface area contributed by atoms with Crippen molar-refractivity contribution in [2.45, 2.75) is 410 Å². The van der Waals surface area contributed by atoms with Gasteiger partial charge in [0.1, 0.15) is 49.0 Å². The molecule has 0 aliphatic carbocycles. The van der Waals surface area contributed by atoms with Crippen LogP contribution in [0.1, 0.15) is 367 Å². The second-order valence-corrected chi connectivity index (χ2v) is 30.5. The van der Waals surface area contributed by atoms with Crippen molar-refractivity contribution in [2.75, 3.05) is 50.9 Å². The minimum atomic E-state index is -1.62. The normalized spacial score (nSPS) is 13.4. The lowest BCUT2D eigenvalue weighted by Gasteiger charge is -2.27. The van der Waals surface area contributed by atoms with Crippen molar-refractivity contribution in [2.24, 2.45) is 22.9 Å². The summed E-state index contributed by atoms with van der Waals surface area (Å²) in [4.78, 5) is 124. The van der Waals surface area contributed by atoms with Crippen LogP contribution in [0.4, 0.5) is 0 Å². The van der Waals surface area contributed by atoms with Gasteiger partial charge in [-0.05, 0) is 122 Å². The van der Waals surface area contributed by atoms with E-state index in [-0.39, 0.29) is 82.1 Å². The first kappa shape index (κ1) is 100. The number of thioether (sulfide) groups is 1. The second-order valence-electron chi connectivity index (χ2n) is 29.4. The zero-order valence-corrected chi connectivity index (χ0v) is 67.3. The van der Waals surface area contributed by atoms with Crippen molar-refractivity contribution in [3.63, 3.8) is 0 Å². The fourth-order valence-electron chi connectivity index (χ4n) is 12.9. The Labute approximate surface area is 640 Å². The van der Waals surface area contributed by atoms with Gasteiger partial charge in [0.05, 0.1) is 6.61 Å². The van der Waals surface area contributed by atoms with Crippen LogP contribution in [0.25, 0.3) is 0 Å². The number of hydrogen-bond donors (Lipinski definition) is 12. The fraction of sp³-hybridized carbons (Fsp3) is 0.889. The Morgan fingerprint density at radius 1 is 0.314 bits per heavy atom. The minimum absolute atomic E-state index is 0.0390. The number of hydrogen-bond acceptors (Lipinski definition) is 17. The summed E-state index contributed by atoms with van der Waals surface area (Å²) in [6.07, 6.45) is 48.7. The van der Waals surface area contributed by atoms with Crippen molar-refractivity contribution in [3.05, 3.63) is 0 Å². The van der Waals surface area contributed by atoms with Crippen molar-refractivity contribution in [3.8, 4) is 0 Å². The molecular formula is C81H156N10O13S. The zero-order valence-electron chi connectivity index (χ0n) is 66.5. The fourth-order valence-corrected chi connectivity index (χ4v) is 13.9. The number of aliphatic hydroxyl groups is 1. The number of aliphatic carboxylic acids is 1. The van der Waals surface area contributed by atoms with Crippen molar-refractivity contribution in [1.82, 2.24) is 31.9 Å². The smallest absolute Gasteiger partial charge is 0.326 e. The summed E-state index contributed by atoms with van der Waals surface area (Å²) in [5.41, 5.74) is 23.1. The number of unbranched alkanes of at least 4 members (excludes halogenated alkanes) is 40. The molecule has 0 aliphatic rings. The number of esters is 2. The van der Waals surface area contributed by atoms with Gasteiger partial charge in [0.2, 0.25) is 35.4 Å². The van der Waals surface area contributed by atoms with Gasteiger partial charge >= 0.3 is 17.9 Å². The van der Waals surface area contributed by atoms with E-state index < -0.39 is 96.3 Å². The van der Waals surface area contributed by atoms with Crippen LogP contribution in [0, 0.1) is 0 Å². The largest absolute Gasteiger partial charge is 0.480 e. The first-order chi connectivity index (χ1) is 51.0. The highest BCUT2D eigenvalue weighted by molar-refractivity contribution is 7.99. The molecule has 16 N–H and O–H groups in total. The summed E-state index contributed by atoms with van der Waals surface area (Å²) in [5, 5.41) is 36.9. The maximum Gasteiger partial charge on any atom is 0.326 e. The lowest BCUT2D eigenvalue weighted by Crippen LogP contribution is -2.60. The van der Waals surface area contributed by atoms with Crippen LogP contribution >= 0.6 is 11.8 Å². The summed E-state index contributed by atoms with van der Waals surface area (Å²) < 4.78 is 11.8. The summed E-state index contributed by atoms with van der Waals surface area (Å²) >= 11 is 1.20. The number of aliphatic hydroxyl groups excluding tert-OH is 1. The van der Waals surface area contributed by atoms with E-state index in [1.807, 2.05) is 0 Å². The standard InChI is InChI=1S/C81H156N10O13S/c1-4-7-10-13-16-19-22-25-28-31-34-37-40-55-73(93)86-72(65-105-64-66(104-75(95)57-42-39-36-33-30-27-24-21-18-15-12-9-6-3)63-103-74(94)56-41-38-35-32-29-26-23-20-17-14-11-8-5-2)80(100)91-71(62-92)79(99)89-68(52-44-48-59-83)77(97)87-67(51-43-47-58-82)76(96)88-69(53-45-49-60-84)78(98)90-70(81(101)102)54-46-50-61-85/h66-72,92H,4-65,82-85H2,1-3H3,(H,86,93)(H,87,97)(H,88,96)(H,89,99)(H,90,98)(H,91,100)(H,101,102)/t66-,67+,68+,69+,70+,71+,72+/m1/s1. The monoisotopic (exact) mass is 1510 g/mol. The number of ether oxygens (including phenoxy) is 2. The Morgan fingerprint density at radius 2 is 0.590 bits per heavy atom. The van der Waals surface area contributed by atoms with Gasteiger partial charge < -0.3 is 74.5 Å². The summed E-state index contributed by atoms with van der Waals surface area (Å²) in [6.45, 7) is 6.81. The van der Waals surface area contributed by atoms with Gasteiger partial charge in [0, 0.05) is 30.8 Å². The number of carbonyl (C=O) groups is 9. The number of amides is 6. The molecule has 0 heterocycles. The number of carbonyl (C=O) groups excluding carboxylic acids is 8. The summed E-state index contributed by atoms with van der Waals surface area (Å²) in [5.74, 6) is -6.35. The van der Waals surface area contributed by atoms with Crippen LogP contribution in [-0.2, 0) is 52.6 Å². The SMILES string of the molecule is CCCCCCCCCCCCCCCC(=O)N[C@@H](CSC[C@@H](COC(=O)CCCCCCCCCCCCCCC)OC(=O)CCCCCCCCCCCCCCC)C(=O)N[C@@H](CO)C(=O)N[C@@H](CCCCN)C(=O)N[C@@H](CCCCN)C(=O)N[C@@H](CCCCN)C(=O)N[C@@H](CCCCN)C(=O)O. The average Bonchev–Trinajstić information content (AvgIpc) is 0.864. The Hall–Kier alpha value is -4.62. The number of nitrogens with one attached hydrogen (secondary N) is 6. The highest BCUT2D eigenvalue weighted by Crippen LogP contribution is 2.20. The van der Waals surface area contributed by atoms with E-state index in [9.17, 15) is 53.4 Å². The zero-order chi connectivity index (χ0) is 77.4. The molecule has 0 saturated heterocycles. The Morgan fingerprint density at radius 3 is 0.914 bits per heavy atom. The molecule has 0 rings (SSSR count). The van der Waals surface area contributed by atoms with Gasteiger partial charge in [-0.15, -0.1) is 0 Å². The van der Waals surface area contributed by atoms with Gasteiger partial charge in [-0.3, -0.25) is 38.4 Å². The quantitative estimate of drug-likeness (QED) is 0.0199. The van der Waals surface area contributed by atoms with E-state index in [2.05, 4.69) is 52.7 Å². The highest BCUT2D eigenvalue weighted by atomic mass is 32.2. The van der Waals surface area contributed by atoms with Crippen LogP contribution in [0.5, 0.6) is 0 Å². The minimum Gasteiger partial charge on any atom is -0.480 e. The average molecular weight is 1510 g/mol. The molecule has 105 heavy (non-hydrogen) atoms. The van der Waals surface area contributed by atoms with Crippen molar-refractivity contribution >= 4 is 65.1 Å². The predicted molar refractivity (Wildman–Crippen MR) is 427 cm³/mol. The number of carboxylic acid groups (broad SMARTS) is 1.